The van der Waals surface area contributed by atoms with Gasteiger partial charge in [-0.1, -0.05) is 43.3 Å². The van der Waals surface area contributed by atoms with Crippen LogP contribution in [-0.2, 0) is 17.1 Å². The molecule has 0 unspecified atom stereocenters. The minimum atomic E-state index is -3.63. The number of piperidine rings is 1. The molecule has 0 saturated carbocycles. The van der Waals surface area contributed by atoms with E-state index in [1.165, 1.54) is 6.07 Å². The van der Waals surface area contributed by atoms with Crippen molar-refractivity contribution < 1.29 is 13.2 Å². The summed E-state index contributed by atoms with van der Waals surface area (Å²) in [6.07, 6.45) is 1.72. The van der Waals surface area contributed by atoms with Crippen LogP contribution in [0.5, 0.6) is 0 Å². The van der Waals surface area contributed by atoms with Crippen LogP contribution in [-0.4, -0.2) is 36.3 Å². The zero-order valence-electron chi connectivity index (χ0n) is 17.6. The van der Waals surface area contributed by atoms with Gasteiger partial charge in [0.2, 0.25) is 10.0 Å². The number of carbonyl (C=O) groups is 1. The van der Waals surface area contributed by atoms with E-state index in [0.29, 0.717) is 36.1 Å². The third-order valence-corrected chi connectivity index (χ3v) is 8.13. The van der Waals surface area contributed by atoms with Gasteiger partial charge in [0.05, 0.1) is 0 Å². The molecule has 0 spiro atoms. The molecule has 4 rings (SSSR count). The third-order valence-electron chi connectivity index (χ3n) is 6.12. The van der Waals surface area contributed by atoms with Gasteiger partial charge in [-0.2, -0.15) is 4.31 Å². The van der Waals surface area contributed by atoms with Gasteiger partial charge in [-0.15, -0.1) is 0 Å². The molecule has 0 atom stereocenters. The number of hydrogen-bond donors (Lipinski definition) is 1. The molecule has 1 fully saturated rings. The summed E-state index contributed by atoms with van der Waals surface area (Å²) in [5.41, 5.74) is 1.59. The first kappa shape index (κ1) is 20.6. The number of aromatic nitrogens is 1. The summed E-state index contributed by atoms with van der Waals surface area (Å²) >= 11 is 0. The van der Waals surface area contributed by atoms with Crippen LogP contribution < -0.4 is 5.32 Å². The lowest BCUT2D eigenvalue weighted by Gasteiger charge is -2.29. The molecular formula is C23H27N3O3S. The highest BCUT2D eigenvalue weighted by Crippen LogP contribution is 2.28. The van der Waals surface area contributed by atoms with Gasteiger partial charge in [0, 0.05) is 36.9 Å². The van der Waals surface area contributed by atoms with E-state index in [4.69, 9.17) is 0 Å². The number of fused-ring (bicyclic) bond motifs is 1. The van der Waals surface area contributed by atoms with Gasteiger partial charge in [0.1, 0.15) is 10.6 Å². The second-order valence-corrected chi connectivity index (χ2v) is 10.0. The van der Waals surface area contributed by atoms with Gasteiger partial charge in [-0.3, -0.25) is 4.79 Å². The summed E-state index contributed by atoms with van der Waals surface area (Å²) in [6, 6.07) is 15.0. The highest BCUT2D eigenvalue weighted by atomic mass is 32.2. The number of rotatable bonds is 4. The Morgan fingerprint density at radius 1 is 1.07 bits per heavy atom. The van der Waals surface area contributed by atoms with E-state index in [9.17, 15) is 13.2 Å². The van der Waals surface area contributed by atoms with E-state index >= 15 is 0 Å². The number of nitrogens with zero attached hydrogens (tertiary/aromatic N) is 2. The topological polar surface area (TPSA) is 71.4 Å². The Kier molecular flexibility index (Phi) is 5.42. The molecule has 158 valence electrons. The van der Waals surface area contributed by atoms with Crippen LogP contribution in [0.4, 0.5) is 5.69 Å². The molecule has 3 aromatic rings. The molecule has 1 aliphatic rings. The van der Waals surface area contributed by atoms with E-state index in [2.05, 4.69) is 12.2 Å². The predicted molar refractivity (Wildman–Crippen MR) is 119 cm³/mol. The first-order valence-electron chi connectivity index (χ1n) is 10.2. The lowest BCUT2D eigenvalue weighted by molar-refractivity contribution is 0.101. The molecular weight excluding hydrogens is 398 g/mol. The Bertz CT molecular complexity index is 1200. The molecule has 2 aromatic carbocycles. The molecule has 6 nitrogen and oxygen atoms in total. The van der Waals surface area contributed by atoms with Crippen molar-refractivity contribution in [1.29, 1.82) is 0 Å². The molecule has 1 N–H and O–H groups in total. The minimum Gasteiger partial charge on any atom is -0.343 e. The Labute approximate surface area is 177 Å². The van der Waals surface area contributed by atoms with E-state index < -0.39 is 10.0 Å². The molecule has 2 heterocycles. The lowest BCUT2D eigenvalue weighted by Crippen LogP contribution is -2.38. The van der Waals surface area contributed by atoms with Crippen LogP contribution in [0.25, 0.3) is 10.8 Å². The summed E-state index contributed by atoms with van der Waals surface area (Å²) in [6.45, 7) is 4.94. The zero-order valence-corrected chi connectivity index (χ0v) is 18.4. The van der Waals surface area contributed by atoms with Crippen molar-refractivity contribution in [2.24, 2.45) is 13.0 Å². The maximum absolute atomic E-state index is 13.2. The highest BCUT2D eigenvalue weighted by molar-refractivity contribution is 7.89. The molecule has 1 amide bonds. The Morgan fingerprint density at radius 2 is 1.73 bits per heavy atom. The molecule has 0 bridgehead atoms. The van der Waals surface area contributed by atoms with Gasteiger partial charge >= 0.3 is 0 Å². The Hall–Kier alpha value is -2.64. The summed E-state index contributed by atoms with van der Waals surface area (Å²) in [5, 5.41) is 4.92. The van der Waals surface area contributed by atoms with Crippen LogP contribution in [0.15, 0.2) is 53.4 Å². The molecule has 0 aliphatic carbocycles. The maximum atomic E-state index is 13.2. The van der Waals surface area contributed by atoms with Gasteiger partial charge in [0.15, 0.2) is 0 Å². The number of benzene rings is 2. The van der Waals surface area contributed by atoms with Crippen molar-refractivity contribution in [2.45, 2.75) is 31.6 Å². The number of amides is 1. The van der Waals surface area contributed by atoms with E-state index in [1.807, 2.05) is 42.5 Å². The van der Waals surface area contributed by atoms with Crippen LogP contribution >= 0.6 is 0 Å². The number of nitrogens with one attached hydrogen (secondary N) is 1. The smallest absolute Gasteiger partial charge is 0.272 e. The van der Waals surface area contributed by atoms with Gasteiger partial charge in [0.25, 0.3) is 5.91 Å². The monoisotopic (exact) mass is 425 g/mol. The van der Waals surface area contributed by atoms with Crippen molar-refractivity contribution in [2.75, 3.05) is 18.4 Å². The zero-order chi connectivity index (χ0) is 21.5. The van der Waals surface area contributed by atoms with Crippen molar-refractivity contribution >= 4 is 32.4 Å². The van der Waals surface area contributed by atoms with Crippen LogP contribution in [0.1, 0.15) is 35.9 Å². The normalized spacial score (nSPS) is 16.1. The molecule has 0 radical (unpaired) electrons. The van der Waals surface area contributed by atoms with Gasteiger partial charge in [-0.05, 0) is 43.2 Å². The Morgan fingerprint density at radius 3 is 2.47 bits per heavy atom. The Balaban J connectivity index is 1.65. The first-order chi connectivity index (χ1) is 14.3. The molecule has 1 aliphatic heterocycles. The van der Waals surface area contributed by atoms with Crippen molar-refractivity contribution in [1.82, 2.24) is 8.87 Å². The molecule has 1 saturated heterocycles. The largest absolute Gasteiger partial charge is 0.343 e. The predicted octanol–water partition coefficient (Wildman–Crippen LogP) is 4.16. The van der Waals surface area contributed by atoms with E-state index in [-0.39, 0.29) is 10.8 Å². The fraction of sp³-hybridized carbons (Fsp3) is 0.348. The maximum Gasteiger partial charge on any atom is 0.272 e. The highest BCUT2D eigenvalue weighted by Gasteiger charge is 2.32. The first-order valence-corrected chi connectivity index (χ1v) is 11.7. The molecule has 30 heavy (non-hydrogen) atoms. The van der Waals surface area contributed by atoms with Crippen LogP contribution in [0.2, 0.25) is 0 Å². The number of sulfonamides is 1. The third kappa shape index (κ3) is 3.63. The van der Waals surface area contributed by atoms with Crippen LogP contribution in [0.3, 0.4) is 0 Å². The van der Waals surface area contributed by atoms with Crippen molar-refractivity contribution in [3.05, 3.63) is 59.9 Å². The quantitative estimate of drug-likeness (QED) is 0.682. The van der Waals surface area contributed by atoms with E-state index in [0.717, 1.165) is 23.6 Å². The fourth-order valence-corrected chi connectivity index (χ4v) is 5.78. The minimum absolute atomic E-state index is 0.211. The van der Waals surface area contributed by atoms with Crippen molar-refractivity contribution in [3.8, 4) is 0 Å². The average molecular weight is 426 g/mol. The number of hydrogen-bond acceptors (Lipinski definition) is 3. The molecule has 1 aromatic heterocycles. The SMILES string of the molecule is Cc1c(S(=O)(=O)N2CCC(C)CC2)cc(C(=O)Nc2cccc3ccccc23)n1C. The summed E-state index contributed by atoms with van der Waals surface area (Å²) in [7, 11) is -1.90. The summed E-state index contributed by atoms with van der Waals surface area (Å²) in [5.74, 6) is 0.209. The molecule has 7 heteroatoms. The summed E-state index contributed by atoms with van der Waals surface area (Å²) < 4.78 is 29.6. The second-order valence-electron chi connectivity index (χ2n) is 8.11. The van der Waals surface area contributed by atoms with Gasteiger partial charge in [-0.25, -0.2) is 8.42 Å². The van der Waals surface area contributed by atoms with Gasteiger partial charge < -0.3 is 9.88 Å². The number of carbonyl (C=O) groups excluding carboxylic acids is 1. The fourth-order valence-electron chi connectivity index (χ4n) is 4.04. The summed E-state index contributed by atoms with van der Waals surface area (Å²) in [4.78, 5) is 13.3. The number of anilines is 1. The standard InChI is InChI=1S/C23H27N3O3S/c1-16-11-13-26(14-12-16)30(28,29)22-15-21(25(3)17(22)2)23(27)24-20-10-6-8-18-7-4-5-9-19(18)20/h4-10,15-16H,11-14H2,1-3H3,(H,24,27). The van der Waals surface area contributed by atoms with E-state index in [1.54, 1.807) is 22.8 Å². The second kappa shape index (κ2) is 7.89. The van der Waals surface area contributed by atoms with Crippen molar-refractivity contribution in [3.63, 3.8) is 0 Å². The van der Waals surface area contributed by atoms with Crippen LogP contribution in [0, 0.1) is 12.8 Å². The lowest BCUT2D eigenvalue weighted by atomic mass is 10.0. The average Bonchev–Trinajstić information content (AvgIpc) is 3.04.